The minimum absolute atomic E-state index is 0.293. The van der Waals surface area contributed by atoms with Crippen LogP contribution < -0.4 is 0 Å². The van der Waals surface area contributed by atoms with Gasteiger partial charge in [0, 0.05) is 41.1 Å². The van der Waals surface area contributed by atoms with Gasteiger partial charge in [0.2, 0.25) is 0 Å². The summed E-state index contributed by atoms with van der Waals surface area (Å²) in [5, 5.41) is 10.4. The number of halogens is 1. The molecule has 0 aromatic heterocycles. The molecule has 5 heteroatoms. The van der Waals surface area contributed by atoms with Crippen LogP contribution in [-0.2, 0) is 17.3 Å². The number of hydrogen-bond acceptors (Lipinski definition) is 3. The molecule has 2 aromatic carbocycles. The highest BCUT2D eigenvalue weighted by Gasteiger charge is 2.30. The highest BCUT2D eigenvalue weighted by Crippen LogP contribution is 2.30. The van der Waals surface area contributed by atoms with Crippen LogP contribution in [0.25, 0.3) is 0 Å². The second kappa shape index (κ2) is 7.55. The van der Waals surface area contributed by atoms with Crippen LogP contribution in [0.2, 0.25) is 0 Å². The molecule has 0 aliphatic heterocycles. The van der Waals surface area contributed by atoms with Gasteiger partial charge in [-0.2, -0.15) is 0 Å². The van der Waals surface area contributed by atoms with E-state index >= 15 is 0 Å². The standard InChI is InChI=1S/C19H22FNO2S/c1-24(23)18-10-2-14(3-11-18)12-21(17-8-9-17)13-19(22)15-4-6-16(20)7-5-15/h2-7,10-11,17,19,22H,8-9,12-13H2,1H3. The van der Waals surface area contributed by atoms with Gasteiger partial charge in [0.1, 0.15) is 5.82 Å². The lowest BCUT2D eigenvalue weighted by molar-refractivity contribution is 0.104. The predicted octanol–water partition coefficient (Wildman–Crippen LogP) is 3.26. The Hall–Kier alpha value is -1.56. The van der Waals surface area contributed by atoms with Crippen molar-refractivity contribution in [3.63, 3.8) is 0 Å². The molecule has 1 fully saturated rings. The molecule has 3 nitrogen and oxygen atoms in total. The van der Waals surface area contributed by atoms with Gasteiger partial charge in [0.05, 0.1) is 6.10 Å². The van der Waals surface area contributed by atoms with Gasteiger partial charge in [-0.3, -0.25) is 9.11 Å². The Morgan fingerprint density at radius 2 is 1.79 bits per heavy atom. The van der Waals surface area contributed by atoms with Crippen LogP contribution in [0, 0.1) is 5.82 Å². The van der Waals surface area contributed by atoms with Crippen molar-refractivity contribution >= 4 is 10.8 Å². The number of nitrogens with zero attached hydrogens (tertiary/aromatic N) is 1. The number of aliphatic hydroxyl groups excluding tert-OH is 1. The maximum Gasteiger partial charge on any atom is 0.123 e. The van der Waals surface area contributed by atoms with E-state index in [4.69, 9.17) is 0 Å². The minimum Gasteiger partial charge on any atom is -0.387 e. The van der Waals surface area contributed by atoms with E-state index in [1.54, 1.807) is 18.4 Å². The van der Waals surface area contributed by atoms with Gasteiger partial charge in [-0.15, -0.1) is 0 Å². The van der Waals surface area contributed by atoms with Crippen LogP contribution in [-0.4, -0.2) is 33.1 Å². The zero-order chi connectivity index (χ0) is 17.1. The first kappa shape index (κ1) is 17.3. The fourth-order valence-corrected chi connectivity index (χ4v) is 3.34. The molecule has 0 radical (unpaired) electrons. The van der Waals surface area contributed by atoms with Crippen molar-refractivity contribution in [2.75, 3.05) is 12.8 Å². The van der Waals surface area contributed by atoms with Crippen molar-refractivity contribution in [3.8, 4) is 0 Å². The molecule has 2 unspecified atom stereocenters. The quantitative estimate of drug-likeness (QED) is 0.836. The van der Waals surface area contributed by atoms with Crippen molar-refractivity contribution in [2.24, 2.45) is 0 Å². The average Bonchev–Trinajstić information content (AvgIpc) is 3.40. The lowest BCUT2D eigenvalue weighted by atomic mass is 10.1. The molecule has 24 heavy (non-hydrogen) atoms. The molecule has 1 aliphatic carbocycles. The summed E-state index contributed by atoms with van der Waals surface area (Å²) >= 11 is 0. The van der Waals surface area contributed by atoms with Crippen molar-refractivity contribution in [3.05, 3.63) is 65.5 Å². The first-order valence-corrected chi connectivity index (χ1v) is 9.68. The Labute approximate surface area is 144 Å². The topological polar surface area (TPSA) is 40.5 Å². The summed E-state index contributed by atoms with van der Waals surface area (Å²) in [4.78, 5) is 3.09. The molecule has 1 saturated carbocycles. The van der Waals surface area contributed by atoms with Crippen molar-refractivity contribution in [1.29, 1.82) is 0 Å². The summed E-state index contributed by atoms with van der Waals surface area (Å²) < 4.78 is 24.5. The Balaban J connectivity index is 1.66. The Morgan fingerprint density at radius 1 is 1.17 bits per heavy atom. The number of aliphatic hydroxyl groups is 1. The summed E-state index contributed by atoms with van der Waals surface area (Å²) in [5.74, 6) is -0.293. The predicted molar refractivity (Wildman–Crippen MR) is 93.6 cm³/mol. The smallest absolute Gasteiger partial charge is 0.123 e. The third-order valence-corrected chi connectivity index (χ3v) is 5.30. The fraction of sp³-hybridized carbons (Fsp3) is 0.368. The Morgan fingerprint density at radius 3 is 2.33 bits per heavy atom. The minimum atomic E-state index is -0.967. The zero-order valence-corrected chi connectivity index (χ0v) is 14.5. The van der Waals surface area contributed by atoms with Gasteiger partial charge in [0.15, 0.2) is 0 Å². The zero-order valence-electron chi connectivity index (χ0n) is 13.7. The molecular formula is C19H22FNO2S. The Kier molecular flexibility index (Phi) is 5.43. The van der Waals surface area contributed by atoms with Crippen LogP contribution >= 0.6 is 0 Å². The van der Waals surface area contributed by atoms with E-state index in [1.807, 2.05) is 24.3 Å². The summed E-state index contributed by atoms with van der Waals surface area (Å²) in [6, 6.07) is 14.3. The lowest BCUT2D eigenvalue weighted by Crippen LogP contribution is -2.30. The van der Waals surface area contributed by atoms with Crippen LogP contribution in [0.4, 0.5) is 4.39 Å². The molecule has 2 atom stereocenters. The van der Waals surface area contributed by atoms with Crippen LogP contribution in [0.3, 0.4) is 0 Å². The molecule has 2 aromatic rings. The van der Waals surface area contributed by atoms with Gasteiger partial charge < -0.3 is 5.11 Å². The second-order valence-electron chi connectivity index (χ2n) is 6.33. The molecule has 1 aliphatic rings. The summed E-state index contributed by atoms with van der Waals surface area (Å²) in [7, 11) is -0.967. The van der Waals surface area contributed by atoms with E-state index in [2.05, 4.69) is 4.90 Å². The lowest BCUT2D eigenvalue weighted by Gasteiger charge is -2.25. The maximum absolute atomic E-state index is 13.0. The first-order chi connectivity index (χ1) is 11.5. The average molecular weight is 347 g/mol. The van der Waals surface area contributed by atoms with Gasteiger partial charge >= 0.3 is 0 Å². The molecule has 1 N–H and O–H groups in total. The summed E-state index contributed by atoms with van der Waals surface area (Å²) in [6.45, 7) is 1.28. The van der Waals surface area contributed by atoms with Gasteiger partial charge in [-0.1, -0.05) is 24.3 Å². The second-order valence-corrected chi connectivity index (χ2v) is 7.71. The van der Waals surface area contributed by atoms with E-state index in [0.717, 1.165) is 35.4 Å². The van der Waals surface area contributed by atoms with E-state index in [0.29, 0.717) is 12.6 Å². The summed E-state index contributed by atoms with van der Waals surface area (Å²) in [6.07, 6.45) is 3.33. The van der Waals surface area contributed by atoms with Crippen LogP contribution in [0.1, 0.15) is 30.1 Å². The molecule has 3 rings (SSSR count). The normalized spacial score (nSPS) is 17.0. The molecule has 128 valence electrons. The van der Waals surface area contributed by atoms with Gasteiger partial charge in [-0.25, -0.2) is 4.39 Å². The number of hydrogen-bond donors (Lipinski definition) is 1. The maximum atomic E-state index is 13.0. The van der Waals surface area contributed by atoms with Crippen LogP contribution in [0.5, 0.6) is 0 Å². The molecule has 0 heterocycles. The van der Waals surface area contributed by atoms with E-state index in [9.17, 15) is 13.7 Å². The molecule has 0 bridgehead atoms. The van der Waals surface area contributed by atoms with E-state index in [1.165, 1.54) is 12.1 Å². The molecule has 0 amide bonds. The number of rotatable bonds is 7. The first-order valence-electron chi connectivity index (χ1n) is 8.13. The highest BCUT2D eigenvalue weighted by atomic mass is 32.2. The van der Waals surface area contributed by atoms with E-state index in [-0.39, 0.29) is 5.82 Å². The molecular weight excluding hydrogens is 325 g/mol. The van der Waals surface area contributed by atoms with Crippen molar-refractivity contribution in [2.45, 2.75) is 36.4 Å². The molecule has 0 spiro atoms. The fourth-order valence-electron chi connectivity index (χ4n) is 2.82. The summed E-state index contributed by atoms with van der Waals surface area (Å²) in [5.41, 5.74) is 1.88. The van der Waals surface area contributed by atoms with Crippen molar-refractivity contribution in [1.82, 2.24) is 4.90 Å². The van der Waals surface area contributed by atoms with Crippen molar-refractivity contribution < 1.29 is 13.7 Å². The van der Waals surface area contributed by atoms with Gasteiger partial charge in [0.25, 0.3) is 0 Å². The molecule has 0 saturated heterocycles. The van der Waals surface area contributed by atoms with Crippen LogP contribution in [0.15, 0.2) is 53.4 Å². The SMILES string of the molecule is CS(=O)c1ccc(CN(CC(O)c2ccc(F)cc2)C2CC2)cc1. The third-order valence-electron chi connectivity index (χ3n) is 4.37. The Bertz CT molecular complexity index is 698. The largest absolute Gasteiger partial charge is 0.387 e. The number of benzene rings is 2. The monoisotopic (exact) mass is 347 g/mol. The highest BCUT2D eigenvalue weighted by molar-refractivity contribution is 7.84. The third kappa shape index (κ3) is 4.50. The van der Waals surface area contributed by atoms with Gasteiger partial charge in [-0.05, 0) is 48.2 Å². The van der Waals surface area contributed by atoms with E-state index < -0.39 is 16.9 Å².